The largest absolute Gasteiger partial charge is 0.481 e. The zero-order valence-electron chi connectivity index (χ0n) is 12.1. The molecule has 1 aliphatic carbocycles. The number of nitrogens with zero attached hydrogens (tertiary/aromatic N) is 1. The molecule has 1 heterocycles. The Morgan fingerprint density at radius 3 is 2.70 bits per heavy atom. The molecule has 1 aliphatic heterocycles. The molecule has 1 aromatic carbocycles. The number of carbonyl (C=O) groups is 2. The number of carboxylic acid groups (broad SMARTS) is 1. The first-order valence-electron chi connectivity index (χ1n) is 7.27. The van der Waals surface area contributed by atoms with Gasteiger partial charge in [0.05, 0.1) is 11.1 Å². The number of aliphatic carboxylic acids is 1. The second-order valence-corrected chi connectivity index (χ2v) is 6.11. The fraction of sp³-hybridized carbons (Fsp3) is 0.467. The molecule has 2 atom stereocenters. The van der Waals surface area contributed by atoms with Crippen molar-refractivity contribution in [2.45, 2.75) is 19.3 Å². The van der Waals surface area contributed by atoms with Crippen molar-refractivity contribution in [3.8, 4) is 0 Å². The Labute approximate surface area is 130 Å². The van der Waals surface area contributed by atoms with Crippen LogP contribution in [0.15, 0.2) is 12.1 Å². The van der Waals surface area contributed by atoms with Gasteiger partial charge in [0.2, 0.25) is 0 Å². The van der Waals surface area contributed by atoms with E-state index in [0.29, 0.717) is 25.0 Å². The molecule has 124 valence electrons. The van der Waals surface area contributed by atoms with Crippen LogP contribution in [0, 0.1) is 28.8 Å². The van der Waals surface area contributed by atoms with Gasteiger partial charge in [-0.1, -0.05) is 6.42 Å². The Morgan fingerprint density at radius 2 is 2.04 bits per heavy atom. The maximum atomic E-state index is 13.6. The smallest absolute Gasteiger partial charge is 0.321 e. The second-order valence-electron chi connectivity index (χ2n) is 6.11. The lowest BCUT2D eigenvalue weighted by Gasteiger charge is -2.23. The maximum absolute atomic E-state index is 13.6. The molecule has 0 aromatic heterocycles. The number of hydrogen-bond acceptors (Lipinski definition) is 2. The van der Waals surface area contributed by atoms with Gasteiger partial charge in [0.15, 0.2) is 11.6 Å². The first kappa shape index (κ1) is 15.6. The van der Waals surface area contributed by atoms with E-state index < -0.39 is 40.6 Å². The molecular weight excluding hydrogens is 313 g/mol. The van der Waals surface area contributed by atoms with Crippen molar-refractivity contribution < 1.29 is 27.9 Å². The van der Waals surface area contributed by atoms with Gasteiger partial charge in [0.1, 0.15) is 5.82 Å². The summed E-state index contributed by atoms with van der Waals surface area (Å²) < 4.78 is 39.9. The third-order valence-electron chi connectivity index (χ3n) is 4.82. The van der Waals surface area contributed by atoms with Crippen molar-refractivity contribution in [1.82, 2.24) is 4.90 Å². The van der Waals surface area contributed by atoms with Crippen molar-refractivity contribution in [1.29, 1.82) is 0 Å². The number of anilines is 1. The van der Waals surface area contributed by atoms with Gasteiger partial charge in [-0.25, -0.2) is 18.0 Å². The summed E-state index contributed by atoms with van der Waals surface area (Å²) >= 11 is 0. The number of nitrogens with one attached hydrogen (secondary N) is 1. The van der Waals surface area contributed by atoms with Crippen molar-refractivity contribution in [3.05, 3.63) is 29.6 Å². The highest BCUT2D eigenvalue weighted by atomic mass is 19.2. The molecule has 1 aromatic rings. The van der Waals surface area contributed by atoms with Gasteiger partial charge in [0, 0.05) is 25.2 Å². The van der Waals surface area contributed by atoms with Crippen LogP contribution in [0.5, 0.6) is 0 Å². The molecule has 5 nitrogen and oxygen atoms in total. The minimum Gasteiger partial charge on any atom is -0.481 e. The van der Waals surface area contributed by atoms with Crippen LogP contribution in [0.4, 0.5) is 23.7 Å². The van der Waals surface area contributed by atoms with E-state index in [1.165, 1.54) is 4.90 Å². The third-order valence-corrected chi connectivity index (χ3v) is 4.82. The fourth-order valence-electron chi connectivity index (χ4n) is 3.63. The highest BCUT2D eigenvalue weighted by molar-refractivity contribution is 5.90. The lowest BCUT2D eigenvalue weighted by molar-refractivity contribution is -0.149. The molecule has 2 N–H and O–H groups in total. The van der Waals surface area contributed by atoms with Crippen LogP contribution in [0.3, 0.4) is 0 Å². The van der Waals surface area contributed by atoms with Crippen LogP contribution >= 0.6 is 0 Å². The number of rotatable bonds is 2. The molecule has 2 aliphatic rings. The van der Waals surface area contributed by atoms with Crippen molar-refractivity contribution in [2.75, 3.05) is 18.4 Å². The molecule has 1 saturated heterocycles. The Morgan fingerprint density at radius 1 is 1.30 bits per heavy atom. The molecular formula is C15H15F3N2O3. The number of fused-ring (bicyclic) bond motifs is 1. The molecule has 23 heavy (non-hydrogen) atoms. The van der Waals surface area contributed by atoms with Gasteiger partial charge in [-0.15, -0.1) is 0 Å². The van der Waals surface area contributed by atoms with E-state index >= 15 is 0 Å². The summed E-state index contributed by atoms with van der Waals surface area (Å²) in [5.41, 5.74) is -1.57. The van der Waals surface area contributed by atoms with Gasteiger partial charge >= 0.3 is 12.0 Å². The quantitative estimate of drug-likeness (QED) is 0.820. The number of carboxylic acids is 1. The predicted molar refractivity (Wildman–Crippen MR) is 74.3 cm³/mol. The Bertz CT molecular complexity index is 682. The average Bonchev–Trinajstić information content (AvgIpc) is 3.01. The summed E-state index contributed by atoms with van der Waals surface area (Å²) in [5, 5.41) is 11.6. The molecule has 2 fully saturated rings. The first-order valence-corrected chi connectivity index (χ1v) is 7.27. The van der Waals surface area contributed by atoms with Gasteiger partial charge in [-0.05, 0) is 18.8 Å². The van der Waals surface area contributed by atoms with Crippen molar-refractivity contribution >= 4 is 17.7 Å². The molecule has 8 heteroatoms. The third kappa shape index (κ3) is 2.51. The highest BCUT2D eigenvalue weighted by Gasteiger charge is 2.55. The van der Waals surface area contributed by atoms with Gasteiger partial charge < -0.3 is 15.3 Å². The topological polar surface area (TPSA) is 69.6 Å². The van der Waals surface area contributed by atoms with Gasteiger partial charge in [-0.2, -0.15) is 0 Å². The number of urea groups is 1. The van der Waals surface area contributed by atoms with E-state index in [9.17, 15) is 27.9 Å². The van der Waals surface area contributed by atoms with E-state index in [2.05, 4.69) is 5.32 Å². The highest BCUT2D eigenvalue weighted by Crippen LogP contribution is 2.48. The summed E-state index contributed by atoms with van der Waals surface area (Å²) in [6.07, 6.45) is 1.98. The summed E-state index contributed by atoms with van der Waals surface area (Å²) in [6, 6.07) is 0.300. The monoisotopic (exact) mass is 328 g/mol. The lowest BCUT2D eigenvalue weighted by atomic mass is 9.81. The normalized spacial score (nSPS) is 26.2. The van der Waals surface area contributed by atoms with Gasteiger partial charge in [-0.3, -0.25) is 4.79 Å². The van der Waals surface area contributed by atoms with Crippen LogP contribution in [0.25, 0.3) is 0 Å². The lowest BCUT2D eigenvalue weighted by Crippen LogP contribution is -2.38. The summed E-state index contributed by atoms with van der Waals surface area (Å²) in [5.74, 6) is -4.87. The number of benzene rings is 1. The summed E-state index contributed by atoms with van der Waals surface area (Å²) in [7, 11) is 0. The number of amides is 2. The van der Waals surface area contributed by atoms with Crippen molar-refractivity contribution in [3.63, 3.8) is 0 Å². The summed E-state index contributed by atoms with van der Waals surface area (Å²) in [6.45, 7) is 0.246. The zero-order chi connectivity index (χ0) is 16.8. The first-order chi connectivity index (χ1) is 10.8. The van der Waals surface area contributed by atoms with E-state index in [0.717, 1.165) is 6.42 Å². The zero-order valence-corrected chi connectivity index (χ0v) is 12.1. The minimum absolute atomic E-state index is 0.0122. The standard InChI is InChI=1S/C15H15F3N2O3/c16-9-4-10(17)12(18)11(5-9)19-14(23)20-6-8-2-1-3-15(8,7-20)13(21)22/h4-5,8H,1-3,6-7H2,(H,19,23)(H,21,22)/t8-,15+/m0/s1. The predicted octanol–water partition coefficient (Wildman–Crippen LogP) is 2.82. The van der Waals surface area contributed by atoms with Crippen LogP contribution in [-0.4, -0.2) is 35.1 Å². The Hall–Kier alpha value is -2.25. The average molecular weight is 328 g/mol. The fourth-order valence-corrected chi connectivity index (χ4v) is 3.63. The SMILES string of the molecule is O=C(Nc1cc(F)cc(F)c1F)N1C[C@@H]2CCC[C@@]2(C(=O)O)C1. The number of halogens is 3. The number of likely N-dealkylation sites (tertiary alicyclic amines) is 1. The van der Waals surface area contributed by atoms with Crippen LogP contribution in [-0.2, 0) is 4.79 Å². The van der Waals surface area contributed by atoms with Crippen molar-refractivity contribution in [2.24, 2.45) is 11.3 Å². The number of hydrogen-bond donors (Lipinski definition) is 2. The van der Waals surface area contributed by atoms with E-state index in [-0.39, 0.29) is 19.0 Å². The molecule has 1 saturated carbocycles. The van der Waals surface area contributed by atoms with E-state index in [4.69, 9.17) is 0 Å². The maximum Gasteiger partial charge on any atom is 0.321 e. The van der Waals surface area contributed by atoms with E-state index in [1.807, 2.05) is 0 Å². The Balaban J connectivity index is 1.77. The molecule has 3 rings (SSSR count). The molecule has 2 amide bonds. The summed E-state index contributed by atoms with van der Waals surface area (Å²) in [4.78, 5) is 25.0. The Kier molecular flexibility index (Phi) is 3.69. The number of carbonyl (C=O) groups excluding carboxylic acids is 1. The molecule has 0 spiro atoms. The molecule has 0 unspecified atom stereocenters. The van der Waals surface area contributed by atoms with Crippen LogP contribution in [0.2, 0.25) is 0 Å². The molecule has 0 bridgehead atoms. The second kappa shape index (κ2) is 5.43. The molecule has 0 radical (unpaired) electrons. The van der Waals surface area contributed by atoms with Crippen LogP contribution < -0.4 is 5.32 Å². The van der Waals surface area contributed by atoms with Crippen LogP contribution in [0.1, 0.15) is 19.3 Å². The van der Waals surface area contributed by atoms with E-state index in [1.54, 1.807) is 0 Å². The minimum atomic E-state index is -1.40. The van der Waals surface area contributed by atoms with Gasteiger partial charge in [0.25, 0.3) is 0 Å².